The van der Waals surface area contributed by atoms with Gasteiger partial charge in [-0.3, -0.25) is 10.4 Å². The van der Waals surface area contributed by atoms with Crippen LogP contribution in [0.3, 0.4) is 0 Å². The first-order valence-electron chi connectivity index (χ1n) is 7.06. The van der Waals surface area contributed by atoms with E-state index < -0.39 is 0 Å². The summed E-state index contributed by atoms with van der Waals surface area (Å²) in [7, 11) is 1.66. The van der Waals surface area contributed by atoms with Gasteiger partial charge in [-0.2, -0.15) is 5.10 Å². The van der Waals surface area contributed by atoms with E-state index in [2.05, 4.69) is 15.5 Å². The second-order valence-electron chi connectivity index (χ2n) is 4.97. The van der Waals surface area contributed by atoms with E-state index in [1.54, 1.807) is 13.3 Å². The van der Waals surface area contributed by atoms with Crippen molar-refractivity contribution in [2.75, 3.05) is 12.5 Å². The molecular weight excluding hydrogens is 274 g/mol. The van der Waals surface area contributed by atoms with Crippen LogP contribution in [0.2, 0.25) is 0 Å². The monoisotopic (exact) mass is 291 g/mol. The minimum absolute atomic E-state index is 0.799. The van der Waals surface area contributed by atoms with Crippen LogP contribution >= 0.6 is 0 Å². The number of hydrogen-bond donors (Lipinski definition) is 1. The molecule has 0 bridgehead atoms. The van der Waals surface area contributed by atoms with Gasteiger partial charge in [0.1, 0.15) is 5.75 Å². The predicted molar refractivity (Wildman–Crippen MR) is 90.7 cm³/mol. The van der Waals surface area contributed by atoms with E-state index in [1.807, 2.05) is 61.5 Å². The molecule has 0 spiro atoms. The van der Waals surface area contributed by atoms with Crippen molar-refractivity contribution in [1.29, 1.82) is 0 Å². The molecule has 0 unspecified atom stereocenters. The Morgan fingerprint density at radius 2 is 1.91 bits per heavy atom. The number of ether oxygens (including phenoxy) is 1. The summed E-state index contributed by atoms with van der Waals surface area (Å²) in [4.78, 5) is 4.53. The molecule has 110 valence electrons. The average molecular weight is 291 g/mol. The second kappa shape index (κ2) is 6.26. The largest absolute Gasteiger partial charge is 0.497 e. The predicted octanol–water partition coefficient (Wildman–Crippen LogP) is 4.00. The molecule has 0 radical (unpaired) electrons. The van der Waals surface area contributed by atoms with Crippen molar-refractivity contribution in [2.45, 2.75) is 6.92 Å². The number of rotatable bonds is 4. The lowest BCUT2D eigenvalue weighted by atomic mass is 10.1. The topological polar surface area (TPSA) is 46.5 Å². The fourth-order valence-electron chi connectivity index (χ4n) is 2.27. The standard InChI is InChI=1S/C18H17N3O/c1-13-10-18(21-19-12-14-6-4-3-5-7-14)16-11-15(22-2)8-9-17(16)20-13/h3-12H,1-2H3,(H,20,21)/b19-12-. The van der Waals surface area contributed by atoms with E-state index in [1.165, 1.54) is 0 Å². The van der Waals surface area contributed by atoms with Gasteiger partial charge in [0.2, 0.25) is 0 Å². The fraction of sp³-hybridized carbons (Fsp3) is 0.111. The molecule has 22 heavy (non-hydrogen) atoms. The van der Waals surface area contributed by atoms with Crippen molar-refractivity contribution in [3.63, 3.8) is 0 Å². The van der Waals surface area contributed by atoms with Crippen LogP contribution in [0.15, 0.2) is 59.7 Å². The summed E-state index contributed by atoms with van der Waals surface area (Å²) < 4.78 is 5.29. The summed E-state index contributed by atoms with van der Waals surface area (Å²) in [5.74, 6) is 0.799. The number of hydrazone groups is 1. The number of aryl methyl sites for hydroxylation is 1. The first kappa shape index (κ1) is 14.1. The molecule has 1 heterocycles. The van der Waals surface area contributed by atoms with Crippen LogP contribution in [-0.2, 0) is 0 Å². The smallest absolute Gasteiger partial charge is 0.119 e. The minimum atomic E-state index is 0.799. The summed E-state index contributed by atoms with van der Waals surface area (Å²) >= 11 is 0. The Hall–Kier alpha value is -2.88. The first-order chi connectivity index (χ1) is 10.8. The van der Waals surface area contributed by atoms with Crippen LogP contribution in [0.4, 0.5) is 5.69 Å². The molecule has 0 saturated heterocycles. The molecule has 0 aliphatic carbocycles. The maximum absolute atomic E-state index is 5.29. The number of nitrogens with zero attached hydrogens (tertiary/aromatic N) is 2. The number of fused-ring (bicyclic) bond motifs is 1. The summed E-state index contributed by atoms with van der Waals surface area (Å²) in [5, 5.41) is 5.30. The van der Waals surface area contributed by atoms with Crippen molar-refractivity contribution in [3.05, 3.63) is 65.9 Å². The molecule has 0 aliphatic heterocycles. The van der Waals surface area contributed by atoms with Crippen LogP contribution in [0.25, 0.3) is 10.9 Å². The Morgan fingerprint density at radius 3 is 2.68 bits per heavy atom. The molecule has 1 N–H and O–H groups in total. The van der Waals surface area contributed by atoms with Crippen molar-refractivity contribution in [3.8, 4) is 5.75 Å². The molecule has 4 heteroatoms. The third kappa shape index (κ3) is 3.06. The highest BCUT2D eigenvalue weighted by Crippen LogP contribution is 2.27. The Balaban J connectivity index is 1.93. The van der Waals surface area contributed by atoms with Crippen LogP contribution in [0.5, 0.6) is 5.75 Å². The normalized spacial score (nSPS) is 11.0. The van der Waals surface area contributed by atoms with E-state index in [0.29, 0.717) is 0 Å². The Kier molecular flexibility index (Phi) is 4.01. The quantitative estimate of drug-likeness (QED) is 0.584. The van der Waals surface area contributed by atoms with E-state index in [9.17, 15) is 0 Å². The molecule has 4 nitrogen and oxygen atoms in total. The Morgan fingerprint density at radius 1 is 1.09 bits per heavy atom. The van der Waals surface area contributed by atoms with Gasteiger partial charge in [0.25, 0.3) is 0 Å². The van der Waals surface area contributed by atoms with Gasteiger partial charge in [0, 0.05) is 11.1 Å². The Bertz CT molecular complexity index is 813. The van der Waals surface area contributed by atoms with Gasteiger partial charge in [-0.05, 0) is 36.8 Å². The van der Waals surface area contributed by atoms with Crippen molar-refractivity contribution < 1.29 is 4.74 Å². The number of hydrogen-bond acceptors (Lipinski definition) is 4. The Labute approximate surface area is 129 Å². The van der Waals surface area contributed by atoms with E-state index >= 15 is 0 Å². The minimum Gasteiger partial charge on any atom is -0.497 e. The van der Waals surface area contributed by atoms with Gasteiger partial charge >= 0.3 is 0 Å². The molecular formula is C18H17N3O. The van der Waals surface area contributed by atoms with Gasteiger partial charge in [-0.15, -0.1) is 0 Å². The number of nitrogens with one attached hydrogen (secondary N) is 1. The lowest BCUT2D eigenvalue weighted by Crippen LogP contribution is -1.95. The van der Waals surface area contributed by atoms with E-state index in [-0.39, 0.29) is 0 Å². The molecule has 3 aromatic rings. The zero-order valence-corrected chi connectivity index (χ0v) is 12.6. The highest BCUT2D eigenvalue weighted by molar-refractivity contribution is 5.93. The van der Waals surface area contributed by atoms with Crippen LogP contribution in [0, 0.1) is 6.92 Å². The maximum Gasteiger partial charge on any atom is 0.119 e. The van der Waals surface area contributed by atoms with Gasteiger partial charge in [-0.1, -0.05) is 30.3 Å². The van der Waals surface area contributed by atoms with E-state index in [4.69, 9.17) is 4.74 Å². The van der Waals surface area contributed by atoms with Gasteiger partial charge in [0.05, 0.1) is 24.5 Å². The molecule has 2 aromatic carbocycles. The molecule has 0 saturated carbocycles. The number of pyridine rings is 1. The summed E-state index contributed by atoms with van der Waals surface area (Å²) in [6.45, 7) is 1.97. The highest BCUT2D eigenvalue weighted by atomic mass is 16.5. The van der Waals surface area contributed by atoms with Gasteiger partial charge in [-0.25, -0.2) is 0 Å². The fourth-order valence-corrected chi connectivity index (χ4v) is 2.27. The van der Waals surface area contributed by atoms with Crippen molar-refractivity contribution in [2.24, 2.45) is 5.10 Å². The van der Waals surface area contributed by atoms with Gasteiger partial charge in [0.15, 0.2) is 0 Å². The lowest BCUT2D eigenvalue weighted by molar-refractivity contribution is 0.415. The molecule has 3 rings (SSSR count). The zero-order chi connectivity index (χ0) is 15.4. The number of benzene rings is 2. The molecule has 0 amide bonds. The summed E-state index contributed by atoms with van der Waals surface area (Å²) in [6, 6.07) is 17.8. The van der Waals surface area contributed by atoms with Crippen LogP contribution in [-0.4, -0.2) is 18.3 Å². The van der Waals surface area contributed by atoms with Crippen LogP contribution in [0.1, 0.15) is 11.3 Å². The number of methoxy groups -OCH3 is 1. The van der Waals surface area contributed by atoms with Crippen molar-refractivity contribution >= 4 is 22.8 Å². The second-order valence-corrected chi connectivity index (χ2v) is 4.97. The third-order valence-electron chi connectivity index (χ3n) is 3.34. The van der Waals surface area contributed by atoms with Gasteiger partial charge < -0.3 is 4.74 Å². The molecule has 0 fully saturated rings. The van der Waals surface area contributed by atoms with E-state index in [0.717, 1.165) is 33.6 Å². The SMILES string of the molecule is COc1ccc2nc(C)cc(N/N=C\c3ccccc3)c2c1. The van der Waals surface area contributed by atoms with Crippen molar-refractivity contribution in [1.82, 2.24) is 4.98 Å². The lowest BCUT2D eigenvalue weighted by Gasteiger charge is -2.08. The maximum atomic E-state index is 5.29. The third-order valence-corrected chi connectivity index (χ3v) is 3.34. The first-order valence-corrected chi connectivity index (χ1v) is 7.06. The highest BCUT2D eigenvalue weighted by Gasteiger charge is 2.05. The molecule has 1 aromatic heterocycles. The zero-order valence-electron chi connectivity index (χ0n) is 12.6. The average Bonchev–Trinajstić information content (AvgIpc) is 2.55. The number of aromatic nitrogens is 1. The molecule has 0 atom stereocenters. The van der Waals surface area contributed by atoms with Crippen LogP contribution < -0.4 is 10.2 Å². The molecule has 0 aliphatic rings. The summed E-state index contributed by atoms with van der Waals surface area (Å²) in [5.41, 5.74) is 6.91. The number of anilines is 1. The summed E-state index contributed by atoms with van der Waals surface area (Å²) in [6.07, 6.45) is 1.79.